The summed E-state index contributed by atoms with van der Waals surface area (Å²) in [4.78, 5) is 35.6. The maximum absolute atomic E-state index is 13.6. The highest BCUT2D eigenvalue weighted by Gasteiger charge is 2.30. The zero-order chi connectivity index (χ0) is 24.6. The summed E-state index contributed by atoms with van der Waals surface area (Å²) in [5.41, 5.74) is 1.16. The maximum Gasteiger partial charge on any atom is 0.352 e. The van der Waals surface area contributed by atoms with Crippen molar-refractivity contribution in [3.05, 3.63) is 62.8 Å². The topological polar surface area (TPSA) is 108 Å². The molecule has 6 rings (SSSR count). The second-order valence-electron chi connectivity index (χ2n) is 9.54. The summed E-state index contributed by atoms with van der Waals surface area (Å²) in [7, 11) is 0. The van der Waals surface area contributed by atoms with Crippen LogP contribution >= 0.6 is 11.6 Å². The Morgan fingerprint density at radius 1 is 0.917 bits per heavy atom. The van der Waals surface area contributed by atoms with Crippen LogP contribution in [0.15, 0.2) is 50.4 Å². The minimum Gasteiger partial charge on any atom is -0.453 e. The van der Waals surface area contributed by atoms with Gasteiger partial charge in [-0.3, -0.25) is 9.36 Å². The van der Waals surface area contributed by atoms with Gasteiger partial charge in [-0.2, -0.15) is 4.98 Å². The second-order valence-corrected chi connectivity index (χ2v) is 9.80. The molecule has 1 aromatic carbocycles. The first kappa shape index (κ1) is 23.1. The minimum absolute atomic E-state index is 0.0628. The van der Waals surface area contributed by atoms with E-state index in [-0.39, 0.29) is 23.6 Å². The molecule has 1 aromatic heterocycles. The Morgan fingerprint density at radius 3 is 2.36 bits per heavy atom. The van der Waals surface area contributed by atoms with E-state index in [2.05, 4.69) is 15.3 Å². The summed E-state index contributed by atoms with van der Waals surface area (Å²) in [6.07, 6.45) is 5.37. The van der Waals surface area contributed by atoms with Crippen LogP contribution in [-0.4, -0.2) is 37.4 Å². The van der Waals surface area contributed by atoms with E-state index < -0.39 is 11.2 Å². The summed E-state index contributed by atoms with van der Waals surface area (Å²) >= 11 is 5.91. The Morgan fingerprint density at radius 2 is 1.64 bits per heavy atom. The van der Waals surface area contributed by atoms with Gasteiger partial charge in [-0.15, -0.1) is 16.7 Å². The molecule has 1 saturated carbocycles. The average Bonchev–Trinajstić information content (AvgIpc) is 3.62. The number of rotatable bonds is 5. The Hall–Kier alpha value is -3.30. The quantitative estimate of drug-likeness (QED) is 0.407. The Bertz CT molecular complexity index is 1460. The van der Waals surface area contributed by atoms with Gasteiger partial charge < -0.3 is 9.73 Å². The number of hydrogen-bond donors (Lipinski definition) is 1. The first-order valence-corrected chi connectivity index (χ1v) is 13.0. The zero-order valence-electron chi connectivity index (χ0n) is 19.8. The molecule has 9 nitrogen and oxygen atoms in total. The molecule has 0 radical (unpaired) electrons. The number of nitrogens with zero attached hydrogens (tertiary/aromatic N) is 5. The number of hydrogen-bond acceptors (Lipinski definition) is 7. The number of alkyl halides is 1. The molecule has 1 aliphatic carbocycles. The number of nitrogens with one attached hydrogen (secondary N) is 1. The monoisotopic (exact) mass is 506 g/mol. The van der Waals surface area contributed by atoms with Crippen LogP contribution in [0.4, 0.5) is 0 Å². The first-order chi connectivity index (χ1) is 17.6. The number of piperidine rings is 1. The van der Waals surface area contributed by atoms with E-state index in [1.807, 2.05) is 36.4 Å². The molecule has 0 unspecified atom stereocenters. The van der Waals surface area contributed by atoms with Gasteiger partial charge in [0.05, 0.1) is 6.04 Å². The smallest absolute Gasteiger partial charge is 0.352 e. The third-order valence-corrected chi connectivity index (χ3v) is 7.55. The van der Waals surface area contributed by atoms with Crippen LogP contribution in [0, 0.1) is 0 Å². The molecule has 186 valence electrons. The van der Waals surface area contributed by atoms with E-state index in [0.29, 0.717) is 36.1 Å². The van der Waals surface area contributed by atoms with Crippen molar-refractivity contribution in [2.24, 2.45) is 0 Å². The van der Waals surface area contributed by atoms with E-state index in [1.54, 1.807) is 4.68 Å². The summed E-state index contributed by atoms with van der Waals surface area (Å²) < 4.78 is 9.15. The molecule has 0 bridgehead atoms. The van der Waals surface area contributed by atoms with Gasteiger partial charge >= 0.3 is 5.69 Å². The fourth-order valence-electron chi connectivity index (χ4n) is 5.30. The van der Waals surface area contributed by atoms with E-state index in [9.17, 15) is 9.59 Å². The maximum atomic E-state index is 13.6. The summed E-state index contributed by atoms with van der Waals surface area (Å²) in [6, 6.07) is 11.4. The lowest BCUT2D eigenvalue weighted by molar-refractivity contribution is 0.348. The first-order valence-electron chi connectivity index (χ1n) is 12.5. The van der Waals surface area contributed by atoms with E-state index in [1.165, 1.54) is 4.57 Å². The second kappa shape index (κ2) is 9.63. The zero-order valence-corrected chi connectivity index (χ0v) is 20.6. The molecule has 0 amide bonds. The molecule has 36 heavy (non-hydrogen) atoms. The molecule has 0 spiro atoms. The van der Waals surface area contributed by atoms with Crippen LogP contribution < -0.4 is 16.6 Å². The molecule has 1 saturated heterocycles. The van der Waals surface area contributed by atoms with Gasteiger partial charge in [0.2, 0.25) is 5.82 Å². The van der Waals surface area contributed by atoms with Crippen molar-refractivity contribution in [1.29, 1.82) is 0 Å². The third kappa shape index (κ3) is 4.16. The fraction of sp³-hybridized carbons (Fsp3) is 0.423. The van der Waals surface area contributed by atoms with E-state index >= 15 is 0 Å². The van der Waals surface area contributed by atoms with Crippen LogP contribution in [0.5, 0.6) is 0 Å². The molecule has 3 aliphatic heterocycles. The van der Waals surface area contributed by atoms with Crippen molar-refractivity contribution >= 4 is 11.6 Å². The molecule has 4 aliphatic rings. The molecule has 0 atom stereocenters. The van der Waals surface area contributed by atoms with E-state index in [4.69, 9.17) is 21.1 Å². The number of aromatic nitrogens is 5. The average molecular weight is 507 g/mol. The van der Waals surface area contributed by atoms with Crippen molar-refractivity contribution in [1.82, 2.24) is 29.6 Å². The summed E-state index contributed by atoms with van der Waals surface area (Å²) in [6.45, 7) is 1.51. The summed E-state index contributed by atoms with van der Waals surface area (Å²) in [5, 5.41) is 8.02. The minimum atomic E-state index is -0.525. The molecule has 1 N–H and O–H groups in total. The highest BCUT2D eigenvalue weighted by atomic mass is 35.5. The van der Waals surface area contributed by atoms with Gasteiger partial charge in [0.15, 0.2) is 17.3 Å². The van der Waals surface area contributed by atoms with Gasteiger partial charge in [-0.05, 0) is 56.5 Å². The SMILES string of the molecule is O=c1nc2n(C3CCCC3)nc(-c3ccc(-c4ccc(CCl)cc4)o3)nc-2c(=O)n1C1CCNCC1. The highest BCUT2D eigenvalue weighted by molar-refractivity contribution is 6.17. The lowest BCUT2D eigenvalue weighted by Crippen LogP contribution is -2.44. The van der Waals surface area contributed by atoms with E-state index in [0.717, 1.165) is 49.9 Å². The van der Waals surface area contributed by atoms with Crippen molar-refractivity contribution < 1.29 is 4.42 Å². The third-order valence-electron chi connectivity index (χ3n) is 7.24. The molecule has 2 fully saturated rings. The Kier molecular flexibility index (Phi) is 6.18. The lowest BCUT2D eigenvalue weighted by atomic mass is 10.1. The van der Waals surface area contributed by atoms with Gasteiger partial charge in [-0.1, -0.05) is 37.1 Å². The Labute approximate surface area is 212 Å². The van der Waals surface area contributed by atoms with Crippen molar-refractivity contribution in [3.8, 4) is 34.4 Å². The van der Waals surface area contributed by atoms with Gasteiger partial charge in [0.1, 0.15) is 5.76 Å². The van der Waals surface area contributed by atoms with Gasteiger partial charge in [-0.25, -0.2) is 14.5 Å². The van der Waals surface area contributed by atoms with Crippen LogP contribution in [0.2, 0.25) is 0 Å². The van der Waals surface area contributed by atoms with Crippen LogP contribution in [0.25, 0.3) is 34.4 Å². The van der Waals surface area contributed by atoms with Crippen LogP contribution in [-0.2, 0) is 5.88 Å². The van der Waals surface area contributed by atoms with Gasteiger partial charge in [0.25, 0.3) is 5.56 Å². The number of benzene rings is 1. The predicted molar refractivity (Wildman–Crippen MR) is 136 cm³/mol. The molecular formula is C26H27ClN6O3. The van der Waals surface area contributed by atoms with Crippen LogP contribution in [0.1, 0.15) is 56.2 Å². The summed E-state index contributed by atoms with van der Waals surface area (Å²) in [5.74, 6) is 2.15. The number of fused-ring (bicyclic) bond motifs is 1. The van der Waals surface area contributed by atoms with Gasteiger partial charge in [0, 0.05) is 17.5 Å². The normalized spacial score (nSPS) is 17.2. The molecule has 4 heterocycles. The lowest BCUT2D eigenvalue weighted by Gasteiger charge is -2.25. The molecule has 10 heteroatoms. The van der Waals surface area contributed by atoms with Crippen molar-refractivity contribution in [2.75, 3.05) is 13.1 Å². The van der Waals surface area contributed by atoms with Crippen molar-refractivity contribution in [3.63, 3.8) is 0 Å². The Balaban J connectivity index is 1.48. The fourth-order valence-corrected chi connectivity index (χ4v) is 5.47. The van der Waals surface area contributed by atoms with Crippen LogP contribution in [0.3, 0.4) is 0 Å². The molecule has 2 aromatic rings. The largest absolute Gasteiger partial charge is 0.453 e. The standard InChI is InChI=1S/C26H27ClN6O3/c27-15-16-5-7-17(8-6-16)20-9-10-21(36-20)23-29-22-24(33(31-23)19-3-1-2-4-19)30-26(35)32(25(22)34)18-11-13-28-14-12-18/h5-10,18-19,28H,1-4,11-15H2. The van der Waals surface area contributed by atoms with Crippen molar-refractivity contribution in [2.45, 2.75) is 56.5 Å². The molecular weight excluding hydrogens is 480 g/mol. The number of halogens is 1. The predicted octanol–water partition coefficient (Wildman–Crippen LogP) is 4.01. The highest BCUT2D eigenvalue weighted by Crippen LogP contribution is 2.33. The number of furan rings is 1.